The van der Waals surface area contributed by atoms with Crippen molar-refractivity contribution in [1.82, 2.24) is 14.9 Å². The lowest BCUT2D eigenvalue weighted by Gasteiger charge is -2.33. The second-order valence-corrected chi connectivity index (χ2v) is 11.6. The number of hydrogen-bond donors (Lipinski definition) is 1. The molecule has 1 saturated heterocycles. The summed E-state index contributed by atoms with van der Waals surface area (Å²) < 4.78 is 24.0. The van der Waals surface area contributed by atoms with Crippen molar-refractivity contribution >= 4 is 27.5 Å². The maximum Gasteiger partial charge on any atom is 0.233 e. The summed E-state index contributed by atoms with van der Waals surface area (Å²) in [7, 11) is -3.07. The van der Waals surface area contributed by atoms with E-state index >= 15 is 0 Å². The van der Waals surface area contributed by atoms with Crippen LogP contribution >= 0.6 is 11.8 Å². The van der Waals surface area contributed by atoms with Crippen LogP contribution in [0, 0.1) is 0 Å². The van der Waals surface area contributed by atoms with Crippen molar-refractivity contribution in [3.8, 4) is 22.5 Å². The summed E-state index contributed by atoms with van der Waals surface area (Å²) in [5, 5.41) is 0.671. The monoisotopic (exact) mass is 483 g/mol. The topological polar surface area (TPSA) is 83.1 Å². The normalized spacial score (nSPS) is 18.2. The van der Waals surface area contributed by atoms with Gasteiger partial charge in [0.1, 0.15) is 0 Å². The maximum absolute atomic E-state index is 13.2. The number of nitrogens with zero attached hydrogens (tertiary/aromatic N) is 2. The number of nitrogens with one attached hydrogen (secondary N) is 1. The van der Waals surface area contributed by atoms with E-state index in [4.69, 9.17) is 4.98 Å². The smallest absolute Gasteiger partial charge is 0.233 e. The van der Waals surface area contributed by atoms with Crippen LogP contribution < -0.4 is 0 Å². The van der Waals surface area contributed by atoms with Gasteiger partial charge >= 0.3 is 0 Å². The number of H-pyrrole nitrogens is 1. The van der Waals surface area contributed by atoms with Gasteiger partial charge in [-0.3, -0.25) is 4.79 Å². The number of aromatic amines is 1. The molecule has 1 fully saturated rings. The first-order chi connectivity index (χ1) is 15.9. The molecule has 1 aliphatic heterocycles. The van der Waals surface area contributed by atoms with E-state index in [2.05, 4.69) is 4.98 Å². The standard InChI is InChI=1S/C25H29N3O3S2/c1-3-18(2)28(21-14-15-33(30,31)17-21)22(29)16-32-25-26-23(19-10-6-4-7-11-19)24(27-25)20-12-8-5-9-13-20/h4-13,18,21H,3,14-17H2,1-2H3,(H,26,27). The van der Waals surface area contributed by atoms with Crippen LogP contribution in [-0.4, -0.2) is 58.5 Å². The third-order valence-corrected chi connectivity index (χ3v) is 8.69. The lowest BCUT2D eigenvalue weighted by Crippen LogP contribution is -2.47. The summed E-state index contributed by atoms with van der Waals surface area (Å²) >= 11 is 1.36. The van der Waals surface area contributed by atoms with Crippen molar-refractivity contribution in [2.24, 2.45) is 0 Å². The predicted octanol–water partition coefficient (Wildman–Crippen LogP) is 4.65. The van der Waals surface area contributed by atoms with E-state index in [1.165, 1.54) is 11.8 Å². The predicted molar refractivity (Wildman–Crippen MR) is 134 cm³/mol. The van der Waals surface area contributed by atoms with Gasteiger partial charge in [-0.2, -0.15) is 0 Å². The largest absolute Gasteiger partial charge is 0.335 e. The molecule has 0 bridgehead atoms. The summed E-state index contributed by atoms with van der Waals surface area (Å²) in [4.78, 5) is 23.2. The molecule has 0 saturated carbocycles. The number of carbonyl (C=O) groups is 1. The van der Waals surface area contributed by atoms with Gasteiger partial charge in [0.15, 0.2) is 15.0 Å². The quantitative estimate of drug-likeness (QED) is 0.472. The molecule has 1 N–H and O–H groups in total. The third-order valence-electron chi connectivity index (χ3n) is 6.08. The number of aromatic nitrogens is 2. The molecule has 33 heavy (non-hydrogen) atoms. The number of sulfone groups is 1. The van der Waals surface area contributed by atoms with Crippen LogP contribution in [0.4, 0.5) is 0 Å². The Balaban J connectivity index is 1.56. The van der Waals surface area contributed by atoms with E-state index in [-0.39, 0.29) is 35.2 Å². The number of carbonyl (C=O) groups excluding carboxylic acids is 1. The van der Waals surface area contributed by atoms with Crippen molar-refractivity contribution < 1.29 is 13.2 Å². The van der Waals surface area contributed by atoms with Crippen molar-refractivity contribution in [2.75, 3.05) is 17.3 Å². The van der Waals surface area contributed by atoms with E-state index in [9.17, 15) is 13.2 Å². The van der Waals surface area contributed by atoms with E-state index in [0.29, 0.717) is 11.6 Å². The zero-order valence-electron chi connectivity index (χ0n) is 18.9. The zero-order valence-corrected chi connectivity index (χ0v) is 20.5. The Morgan fingerprint density at radius 2 is 1.76 bits per heavy atom. The lowest BCUT2D eigenvalue weighted by molar-refractivity contribution is -0.132. The summed E-state index contributed by atoms with van der Waals surface area (Å²) in [5.74, 6) is 0.376. The van der Waals surface area contributed by atoms with Gasteiger partial charge in [0.05, 0.1) is 28.6 Å². The Morgan fingerprint density at radius 3 is 2.33 bits per heavy atom. The molecule has 3 aromatic rings. The number of imidazole rings is 1. The molecule has 2 heterocycles. The van der Waals surface area contributed by atoms with Gasteiger partial charge in [-0.15, -0.1) is 0 Å². The molecule has 8 heteroatoms. The van der Waals surface area contributed by atoms with Crippen LogP contribution in [-0.2, 0) is 14.6 Å². The lowest BCUT2D eigenvalue weighted by atomic mass is 10.1. The molecule has 2 unspecified atom stereocenters. The van der Waals surface area contributed by atoms with Gasteiger partial charge in [0.25, 0.3) is 0 Å². The second kappa shape index (κ2) is 10.1. The zero-order chi connectivity index (χ0) is 23.4. The number of amides is 1. The molecule has 174 valence electrons. The Hall–Kier alpha value is -2.58. The molecule has 2 atom stereocenters. The molecular weight excluding hydrogens is 454 g/mol. The summed E-state index contributed by atoms with van der Waals surface area (Å²) in [6.07, 6.45) is 1.30. The maximum atomic E-state index is 13.2. The van der Waals surface area contributed by atoms with Crippen LogP contribution in [0.3, 0.4) is 0 Å². The van der Waals surface area contributed by atoms with Crippen LogP contribution in [0.1, 0.15) is 26.7 Å². The van der Waals surface area contributed by atoms with E-state index in [0.717, 1.165) is 28.9 Å². The molecule has 2 aromatic carbocycles. The van der Waals surface area contributed by atoms with Gasteiger partial charge in [0, 0.05) is 23.2 Å². The fourth-order valence-corrected chi connectivity index (χ4v) is 6.69. The number of hydrogen-bond acceptors (Lipinski definition) is 5. The highest BCUT2D eigenvalue weighted by atomic mass is 32.2. The molecule has 1 aliphatic rings. The Bertz CT molecular complexity index is 1140. The highest BCUT2D eigenvalue weighted by Gasteiger charge is 2.36. The van der Waals surface area contributed by atoms with Crippen molar-refractivity contribution in [3.05, 3.63) is 60.7 Å². The minimum atomic E-state index is -3.07. The van der Waals surface area contributed by atoms with Crippen LogP contribution in [0.5, 0.6) is 0 Å². The Labute approximate surface area is 199 Å². The van der Waals surface area contributed by atoms with Crippen molar-refractivity contribution in [2.45, 2.75) is 43.9 Å². The fraction of sp³-hybridized carbons (Fsp3) is 0.360. The van der Waals surface area contributed by atoms with E-state index < -0.39 is 9.84 Å². The number of thioether (sulfide) groups is 1. The van der Waals surface area contributed by atoms with Gasteiger partial charge in [-0.05, 0) is 19.8 Å². The molecule has 1 aromatic heterocycles. The molecule has 0 aliphatic carbocycles. The van der Waals surface area contributed by atoms with Crippen LogP contribution in [0.25, 0.3) is 22.5 Å². The first-order valence-corrected chi connectivity index (χ1v) is 14.0. The highest BCUT2D eigenvalue weighted by Crippen LogP contribution is 2.33. The molecule has 0 radical (unpaired) electrons. The van der Waals surface area contributed by atoms with E-state index in [1.54, 1.807) is 4.90 Å². The summed E-state index contributed by atoms with van der Waals surface area (Å²) in [5.41, 5.74) is 3.79. The van der Waals surface area contributed by atoms with Crippen molar-refractivity contribution in [3.63, 3.8) is 0 Å². The summed E-state index contributed by atoms with van der Waals surface area (Å²) in [6.45, 7) is 4.01. The number of benzene rings is 2. The van der Waals surface area contributed by atoms with Gasteiger partial charge in [-0.1, -0.05) is 79.3 Å². The first-order valence-electron chi connectivity index (χ1n) is 11.2. The van der Waals surface area contributed by atoms with Crippen molar-refractivity contribution in [1.29, 1.82) is 0 Å². The van der Waals surface area contributed by atoms with Crippen LogP contribution in [0.2, 0.25) is 0 Å². The Morgan fingerprint density at radius 1 is 1.12 bits per heavy atom. The third kappa shape index (κ3) is 5.50. The molecule has 1 amide bonds. The second-order valence-electron chi connectivity index (χ2n) is 8.40. The minimum absolute atomic E-state index is 0.00670. The van der Waals surface area contributed by atoms with Crippen LogP contribution in [0.15, 0.2) is 65.8 Å². The van der Waals surface area contributed by atoms with Gasteiger partial charge < -0.3 is 9.88 Å². The van der Waals surface area contributed by atoms with E-state index in [1.807, 2.05) is 74.5 Å². The molecule has 6 nitrogen and oxygen atoms in total. The molecular formula is C25H29N3O3S2. The summed E-state index contributed by atoms with van der Waals surface area (Å²) in [6, 6.07) is 19.7. The molecule has 4 rings (SSSR count). The Kier molecular flexibility index (Phi) is 7.24. The molecule has 0 spiro atoms. The fourth-order valence-electron chi connectivity index (χ4n) is 4.24. The average Bonchev–Trinajstić information content (AvgIpc) is 3.42. The highest BCUT2D eigenvalue weighted by molar-refractivity contribution is 7.99. The number of rotatable bonds is 8. The van der Waals surface area contributed by atoms with Gasteiger partial charge in [-0.25, -0.2) is 13.4 Å². The minimum Gasteiger partial charge on any atom is -0.335 e. The SMILES string of the molecule is CCC(C)N(C(=O)CSc1nc(-c2ccccc2)c(-c2ccccc2)[nH]1)C1CCS(=O)(=O)C1. The first kappa shape index (κ1) is 23.6. The average molecular weight is 484 g/mol. The van der Waals surface area contributed by atoms with Gasteiger partial charge in [0.2, 0.25) is 5.91 Å².